The number of carbonyl (C=O) groups excluding carboxylic acids is 2. The lowest BCUT2D eigenvalue weighted by molar-refractivity contribution is -0.131. The van der Waals surface area contributed by atoms with Crippen molar-refractivity contribution in [3.8, 4) is 0 Å². The lowest BCUT2D eigenvalue weighted by Crippen LogP contribution is -2.40. The summed E-state index contributed by atoms with van der Waals surface area (Å²) in [5, 5.41) is 11.3. The summed E-state index contributed by atoms with van der Waals surface area (Å²) in [7, 11) is 0. The molecule has 0 aromatic carbocycles. The van der Waals surface area contributed by atoms with Crippen LogP contribution in [0, 0.1) is 19.8 Å². The predicted molar refractivity (Wildman–Crippen MR) is 104 cm³/mol. The zero-order valence-corrected chi connectivity index (χ0v) is 16.9. The first kappa shape index (κ1) is 19.6. The smallest absolute Gasteiger partial charge is 0.231 e. The molecule has 0 bridgehead atoms. The number of carbonyl (C=O) groups is 2. The Hall–Kier alpha value is -2.68. The fourth-order valence-corrected chi connectivity index (χ4v) is 4.05. The van der Waals surface area contributed by atoms with Crippen LogP contribution in [0.25, 0.3) is 0 Å². The maximum Gasteiger partial charge on any atom is 0.231 e. The van der Waals surface area contributed by atoms with E-state index in [9.17, 15) is 9.59 Å². The molecule has 0 unspecified atom stereocenters. The van der Waals surface area contributed by atoms with Gasteiger partial charge in [0.1, 0.15) is 11.6 Å². The average Bonchev–Trinajstić information content (AvgIpc) is 3.47. The average molecular weight is 401 g/mol. The number of hydrogen-bond donors (Lipinski definition) is 1. The van der Waals surface area contributed by atoms with Gasteiger partial charge in [-0.2, -0.15) is 5.10 Å². The number of hydrogen-bond acceptors (Lipinski definition) is 6. The summed E-state index contributed by atoms with van der Waals surface area (Å²) in [5.41, 5.74) is 1.65. The molecule has 2 aromatic rings. The third-order valence-corrected chi connectivity index (χ3v) is 5.89. The molecule has 0 spiro atoms. The molecule has 2 aliphatic heterocycles. The zero-order valence-electron chi connectivity index (χ0n) is 16.9. The minimum absolute atomic E-state index is 0.0173. The number of aryl methyl sites for hydroxylation is 2. The van der Waals surface area contributed by atoms with Gasteiger partial charge in [-0.05, 0) is 33.1 Å². The van der Waals surface area contributed by atoms with Gasteiger partial charge in [-0.25, -0.2) is 4.68 Å². The largest absolute Gasteiger partial charge is 0.381 e. The molecule has 9 heteroatoms. The van der Waals surface area contributed by atoms with Crippen molar-refractivity contribution in [1.29, 1.82) is 0 Å². The molecule has 2 aliphatic rings. The number of piperidine rings is 1. The van der Waals surface area contributed by atoms with Gasteiger partial charge in [-0.3, -0.25) is 9.59 Å². The SMILES string of the molecule is Cc1noc(C)c1CC(=O)N1CCC(n2nccc2NC(=O)[C@@H]2CCOC2)CC1. The summed E-state index contributed by atoms with van der Waals surface area (Å²) < 4.78 is 12.3. The van der Waals surface area contributed by atoms with Crippen LogP contribution in [0.1, 0.15) is 42.3 Å². The van der Waals surface area contributed by atoms with Crippen molar-refractivity contribution in [2.45, 2.75) is 45.6 Å². The molecule has 29 heavy (non-hydrogen) atoms. The number of amides is 2. The second-order valence-electron chi connectivity index (χ2n) is 7.80. The highest BCUT2D eigenvalue weighted by molar-refractivity contribution is 5.92. The van der Waals surface area contributed by atoms with E-state index in [1.807, 2.05) is 29.5 Å². The van der Waals surface area contributed by atoms with E-state index in [1.165, 1.54) is 0 Å². The van der Waals surface area contributed by atoms with Crippen molar-refractivity contribution >= 4 is 17.6 Å². The molecule has 9 nitrogen and oxygen atoms in total. The lowest BCUT2D eigenvalue weighted by atomic mass is 10.0. The second-order valence-corrected chi connectivity index (χ2v) is 7.80. The third-order valence-electron chi connectivity index (χ3n) is 5.89. The van der Waals surface area contributed by atoms with Crippen LogP contribution in [0.2, 0.25) is 0 Å². The molecule has 2 amide bonds. The van der Waals surface area contributed by atoms with Gasteiger partial charge in [0.05, 0.1) is 36.9 Å². The van der Waals surface area contributed by atoms with Crippen molar-refractivity contribution < 1.29 is 18.8 Å². The van der Waals surface area contributed by atoms with Crippen LogP contribution in [0.5, 0.6) is 0 Å². The Kier molecular flexibility index (Phi) is 5.66. The molecule has 0 radical (unpaired) electrons. The number of anilines is 1. The monoisotopic (exact) mass is 401 g/mol. The van der Waals surface area contributed by atoms with Crippen LogP contribution < -0.4 is 5.32 Å². The van der Waals surface area contributed by atoms with Crippen LogP contribution in [-0.2, 0) is 20.7 Å². The van der Waals surface area contributed by atoms with Crippen molar-refractivity contribution in [3.63, 3.8) is 0 Å². The van der Waals surface area contributed by atoms with Gasteiger partial charge in [0.25, 0.3) is 0 Å². The van der Waals surface area contributed by atoms with E-state index in [4.69, 9.17) is 9.26 Å². The number of rotatable bonds is 5. The van der Waals surface area contributed by atoms with E-state index in [1.54, 1.807) is 6.20 Å². The molecule has 2 aromatic heterocycles. The Morgan fingerprint density at radius 3 is 2.69 bits per heavy atom. The van der Waals surface area contributed by atoms with E-state index < -0.39 is 0 Å². The Balaban J connectivity index is 1.33. The van der Waals surface area contributed by atoms with Crippen LogP contribution in [0.4, 0.5) is 5.82 Å². The summed E-state index contributed by atoms with van der Waals surface area (Å²) in [6.45, 7) is 6.13. The summed E-state index contributed by atoms with van der Waals surface area (Å²) in [5.74, 6) is 1.39. The summed E-state index contributed by atoms with van der Waals surface area (Å²) >= 11 is 0. The highest BCUT2D eigenvalue weighted by Gasteiger charge is 2.28. The van der Waals surface area contributed by atoms with Gasteiger partial charge < -0.3 is 19.5 Å². The molecule has 4 rings (SSSR count). The van der Waals surface area contributed by atoms with Crippen molar-refractivity contribution in [2.75, 3.05) is 31.6 Å². The van der Waals surface area contributed by atoms with Gasteiger partial charge >= 0.3 is 0 Å². The normalized spacial score (nSPS) is 20.2. The molecule has 2 fully saturated rings. The molecular formula is C20H27N5O4. The second kappa shape index (κ2) is 8.36. The number of likely N-dealkylation sites (tertiary alicyclic amines) is 1. The van der Waals surface area contributed by atoms with E-state index >= 15 is 0 Å². The third kappa shape index (κ3) is 4.19. The van der Waals surface area contributed by atoms with Crippen LogP contribution in [0.3, 0.4) is 0 Å². The van der Waals surface area contributed by atoms with Gasteiger partial charge in [-0.15, -0.1) is 0 Å². The summed E-state index contributed by atoms with van der Waals surface area (Å²) in [6, 6.07) is 1.98. The van der Waals surface area contributed by atoms with Gasteiger partial charge in [0.15, 0.2) is 0 Å². The van der Waals surface area contributed by atoms with Gasteiger partial charge in [-0.1, -0.05) is 5.16 Å². The van der Waals surface area contributed by atoms with E-state index in [-0.39, 0.29) is 23.8 Å². The van der Waals surface area contributed by atoms with Crippen LogP contribution in [0.15, 0.2) is 16.8 Å². The topological polar surface area (TPSA) is 102 Å². The van der Waals surface area contributed by atoms with Crippen LogP contribution in [-0.4, -0.2) is 58.0 Å². The molecule has 4 heterocycles. The first-order valence-corrected chi connectivity index (χ1v) is 10.1. The van der Waals surface area contributed by atoms with Gasteiger partial charge in [0.2, 0.25) is 11.8 Å². The lowest BCUT2D eigenvalue weighted by Gasteiger charge is -2.33. The first-order valence-electron chi connectivity index (χ1n) is 10.1. The quantitative estimate of drug-likeness (QED) is 0.821. The minimum atomic E-state index is -0.0952. The fraction of sp³-hybridized carbons (Fsp3) is 0.600. The Morgan fingerprint density at radius 1 is 1.24 bits per heavy atom. The van der Waals surface area contributed by atoms with Gasteiger partial charge in [0, 0.05) is 31.3 Å². The number of aromatic nitrogens is 3. The highest BCUT2D eigenvalue weighted by atomic mass is 16.5. The van der Waals surface area contributed by atoms with E-state index in [0.717, 1.165) is 30.5 Å². The van der Waals surface area contributed by atoms with E-state index in [2.05, 4.69) is 15.6 Å². The molecule has 0 aliphatic carbocycles. The molecule has 1 N–H and O–H groups in total. The fourth-order valence-electron chi connectivity index (χ4n) is 4.05. The molecule has 2 saturated heterocycles. The van der Waals surface area contributed by atoms with Crippen molar-refractivity contribution in [2.24, 2.45) is 5.92 Å². The Bertz CT molecular complexity index is 856. The standard InChI is InChI=1S/C20H27N5O4/c1-13-17(14(2)29-23-13)11-19(26)24-8-4-16(5-9-24)25-18(3-7-21-25)22-20(27)15-6-10-28-12-15/h3,7,15-16H,4-6,8-12H2,1-2H3,(H,22,27)/t15-/m1/s1. The zero-order chi connectivity index (χ0) is 20.4. The Labute approximate surface area is 169 Å². The Morgan fingerprint density at radius 2 is 2.03 bits per heavy atom. The first-order chi connectivity index (χ1) is 14.0. The molecule has 0 saturated carbocycles. The summed E-state index contributed by atoms with van der Waals surface area (Å²) in [4.78, 5) is 27.0. The maximum atomic E-state index is 12.7. The van der Waals surface area contributed by atoms with Crippen molar-refractivity contribution in [1.82, 2.24) is 19.8 Å². The highest BCUT2D eigenvalue weighted by Crippen LogP contribution is 2.27. The maximum absolute atomic E-state index is 12.7. The number of ether oxygens (including phenoxy) is 1. The predicted octanol–water partition coefficient (Wildman–Crippen LogP) is 1.87. The minimum Gasteiger partial charge on any atom is -0.381 e. The number of nitrogens with one attached hydrogen (secondary N) is 1. The molecular weight excluding hydrogens is 374 g/mol. The molecule has 1 atom stereocenters. The molecule has 156 valence electrons. The van der Waals surface area contributed by atoms with Crippen molar-refractivity contribution in [3.05, 3.63) is 29.3 Å². The number of nitrogens with zero attached hydrogens (tertiary/aromatic N) is 4. The summed E-state index contributed by atoms with van der Waals surface area (Å²) in [6.07, 6.45) is 4.37. The van der Waals surface area contributed by atoms with E-state index in [0.29, 0.717) is 44.3 Å². The van der Waals surface area contributed by atoms with Crippen LogP contribution >= 0.6 is 0 Å².